The molecule has 4 aliphatic carbocycles. The standard InChI is InChI=1S/C31H35N3O4S/c1-29-12-10-20(35)16-19(29)8-9-21-22-11-13-31(38,30(22,2)17-25(36)27(21)29)26(37)18-39-28-33-23-6-3-4-7-24(23)34(28)15-5-14-32/h3-4,6-7,10,12,16,21-22,25,27,36,38H,5,8-9,11,13,15,17-18H2,1-2H3/t21?,22?,25?,27?,29?,30?,31-/m0/s1. The van der Waals surface area contributed by atoms with Gasteiger partial charge in [-0.25, -0.2) is 4.98 Å². The van der Waals surface area contributed by atoms with E-state index in [9.17, 15) is 19.8 Å². The van der Waals surface area contributed by atoms with Crippen molar-refractivity contribution in [1.29, 1.82) is 5.26 Å². The Hall–Kier alpha value is -2.73. The first kappa shape index (κ1) is 26.5. The highest BCUT2D eigenvalue weighted by molar-refractivity contribution is 7.99. The van der Waals surface area contributed by atoms with Crippen molar-refractivity contribution in [2.45, 2.75) is 75.8 Å². The molecule has 7 nitrogen and oxygen atoms in total. The van der Waals surface area contributed by atoms with Crippen molar-refractivity contribution in [2.24, 2.45) is 28.6 Å². The van der Waals surface area contributed by atoms with Gasteiger partial charge in [0.15, 0.2) is 16.7 Å². The lowest BCUT2D eigenvalue weighted by Crippen LogP contribution is -2.61. The molecule has 0 bridgehead atoms. The van der Waals surface area contributed by atoms with Crippen molar-refractivity contribution < 1.29 is 19.8 Å². The van der Waals surface area contributed by atoms with E-state index < -0.39 is 17.1 Å². The van der Waals surface area contributed by atoms with Crippen molar-refractivity contribution in [3.63, 3.8) is 0 Å². The molecule has 39 heavy (non-hydrogen) atoms. The summed E-state index contributed by atoms with van der Waals surface area (Å²) in [5.41, 5.74) is 0.220. The number of hydrogen-bond acceptors (Lipinski definition) is 7. The lowest BCUT2D eigenvalue weighted by atomic mass is 9.46. The zero-order valence-electron chi connectivity index (χ0n) is 22.5. The van der Waals surface area contributed by atoms with Gasteiger partial charge in [0.25, 0.3) is 0 Å². The number of aryl methyl sites for hydroxylation is 1. The number of nitrogens with zero attached hydrogens (tertiary/aromatic N) is 3. The second kappa shape index (κ2) is 9.43. The largest absolute Gasteiger partial charge is 0.393 e. The molecule has 0 amide bonds. The zero-order valence-corrected chi connectivity index (χ0v) is 23.3. The van der Waals surface area contributed by atoms with Crippen LogP contribution in [0.15, 0.2) is 53.2 Å². The third-order valence-corrected chi connectivity index (χ3v) is 11.5. The summed E-state index contributed by atoms with van der Waals surface area (Å²) < 4.78 is 1.98. The Labute approximate surface area is 233 Å². The Kier molecular flexibility index (Phi) is 6.41. The number of benzene rings is 1. The molecule has 2 aromatic rings. The van der Waals surface area contributed by atoms with E-state index in [0.717, 1.165) is 35.9 Å². The van der Waals surface area contributed by atoms with E-state index in [2.05, 4.69) is 13.0 Å². The lowest BCUT2D eigenvalue weighted by molar-refractivity contribution is -0.174. The SMILES string of the molecule is CC12C=CC(=O)C=C1CCC1C2C(O)CC2(C)C1CC[C@]2(O)C(=O)CSc1nc2ccccc2n1CCC#N. The molecule has 3 fully saturated rings. The van der Waals surface area contributed by atoms with Crippen LogP contribution in [-0.4, -0.2) is 48.8 Å². The monoisotopic (exact) mass is 545 g/mol. The van der Waals surface area contributed by atoms with Crippen molar-refractivity contribution in [3.05, 3.63) is 48.1 Å². The van der Waals surface area contributed by atoms with E-state index in [0.29, 0.717) is 31.0 Å². The Morgan fingerprint density at radius 3 is 2.87 bits per heavy atom. The zero-order chi connectivity index (χ0) is 27.6. The summed E-state index contributed by atoms with van der Waals surface area (Å²) in [6, 6.07) is 9.92. The molecule has 8 heteroatoms. The number of aliphatic hydroxyl groups excluding tert-OH is 1. The molecule has 7 atom stereocenters. The molecule has 1 aromatic heterocycles. The molecule has 0 aliphatic heterocycles. The van der Waals surface area contributed by atoms with Crippen LogP contribution in [0.25, 0.3) is 11.0 Å². The molecule has 6 unspecified atom stereocenters. The minimum atomic E-state index is -1.52. The van der Waals surface area contributed by atoms with Crippen LogP contribution in [-0.2, 0) is 16.1 Å². The number of carbonyl (C=O) groups is 2. The van der Waals surface area contributed by atoms with Gasteiger partial charge >= 0.3 is 0 Å². The fourth-order valence-corrected chi connectivity index (χ4v) is 9.59. The number of carbonyl (C=O) groups excluding carboxylic acids is 2. The second-order valence-electron chi connectivity index (χ2n) is 12.3. The number of aromatic nitrogens is 2. The van der Waals surface area contributed by atoms with Gasteiger partial charge in [0.1, 0.15) is 5.60 Å². The van der Waals surface area contributed by atoms with Crippen LogP contribution in [0.3, 0.4) is 0 Å². The van der Waals surface area contributed by atoms with Gasteiger partial charge in [-0.05, 0) is 68.2 Å². The fraction of sp³-hybridized carbons (Fsp3) is 0.548. The summed E-state index contributed by atoms with van der Waals surface area (Å²) in [5, 5.41) is 33.5. The molecule has 1 aromatic carbocycles. The number of ketones is 2. The Morgan fingerprint density at radius 1 is 1.28 bits per heavy atom. The van der Waals surface area contributed by atoms with Crippen LogP contribution in [0.1, 0.15) is 52.4 Å². The topological polar surface area (TPSA) is 116 Å². The first-order chi connectivity index (χ1) is 18.6. The van der Waals surface area contributed by atoms with Crippen LogP contribution < -0.4 is 0 Å². The minimum Gasteiger partial charge on any atom is -0.393 e. The van der Waals surface area contributed by atoms with Crippen molar-refractivity contribution in [1.82, 2.24) is 9.55 Å². The van der Waals surface area contributed by atoms with Gasteiger partial charge in [-0.15, -0.1) is 0 Å². The van der Waals surface area contributed by atoms with Gasteiger partial charge in [-0.3, -0.25) is 9.59 Å². The maximum absolute atomic E-state index is 13.8. The van der Waals surface area contributed by atoms with Crippen LogP contribution in [0.5, 0.6) is 0 Å². The summed E-state index contributed by atoms with van der Waals surface area (Å²) in [5.74, 6) is 0.127. The number of imidazole rings is 1. The highest BCUT2D eigenvalue weighted by Crippen LogP contribution is 2.67. The number of para-hydroxylation sites is 2. The van der Waals surface area contributed by atoms with E-state index in [1.54, 1.807) is 12.2 Å². The number of allylic oxidation sites excluding steroid dienone is 4. The smallest absolute Gasteiger partial charge is 0.178 e. The third-order valence-electron chi connectivity index (χ3n) is 10.5. The summed E-state index contributed by atoms with van der Waals surface area (Å²) in [7, 11) is 0. The Balaban J connectivity index is 1.25. The first-order valence-corrected chi connectivity index (χ1v) is 14.9. The number of fused-ring (bicyclic) bond motifs is 6. The van der Waals surface area contributed by atoms with Crippen molar-refractivity contribution in [3.8, 4) is 6.07 Å². The number of aliphatic hydroxyl groups is 2. The minimum absolute atomic E-state index is 0.00977. The summed E-state index contributed by atoms with van der Waals surface area (Å²) in [6.07, 6.45) is 8.16. The van der Waals surface area contributed by atoms with Gasteiger partial charge in [-0.2, -0.15) is 5.26 Å². The molecule has 6 rings (SSSR count). The average Bonchev–Trinajstić information content (AvgIpc) is 3.40. The molecule has 0 saturated heterocycles. The number of nitriles is 1. The van der Waals surface area contributed by atoms with Crippen molar-refractivity contribution >= 4 is 34.4 Å². The highest BCUT2D eigenvalue weighted by Gasteiger charge is 2.68. The number of Topliss-reactive ketones (excluding diaryl/α,β-unsaturated/α-hetero) is 1. The molecule has 204 valence electrons. The van der Waals surface area contributed by atoms with Crippen LogP contribution in [0.4, 0.5) is 0 Å². The molecule has 1 heterocycles. The molecular weight excluding hydrogens is 510 g/mol. The lowest BCUT2D eigenvalue weighted by Gasteiger charge is -2.59. The quantitative estimate of drug-likeness (QED) is 0.509. The van der Waals surface area contributed by atoms with E-state index in [-0.39, 0.29) is 40.5 Å². The van der Waals surface area contributed by atoms with Gasteiger partial charge in [0, 0.05) is 23.3 Å². The normalized spacial score (nSPS) is 37.1. The Morgan fingerprint density at radius 2 is 2.08 bits per heavy atom. The highest BCUT2D eigenvalue weighted by atomic mass is 32.2. The molecule has 4 aliphatic rings. The molecule has 2 N–H and O–H groups in total. The second-order valence-corrected chi connectivity index (χ2v) is 13.2. The number of hydrogen-bond donors (Lipinski definition) is 2. The van der Waals surface area contributed by atoms with Crippen LogP contribution in [0, 0.1) is 39.9 Å². The summed E-state index contributed by atoms with van der Waals surface area (Å²) in [4.78, 5) is 30.6. The summed E-state index contributed by atoms with van der Waals surface area (Å²) >= 11 is 1.31. The Bertz CT molecular complexity index is 1460. The maximum Gasteiger partial charge on any atom is 0.178 e. The number of rotatable bonds is 6. The van der Waals surface area contributed by atoms with Crippen LogP contribution >= 0.6 is 11.8 Å². The average molecular weight is 546 g/mol. The van der Waals surface area contributed by atoms with Gasteiger partial charge < -0.3 is 14.8 Å². The first-order valence-electron chi connectivity index (χ1n) is 14.0. The van der Waals surface area contributed by atoms with Crippen molar-refractivity contribution in [2.75, 3.05) is 5.75 Å². The van der Waals surface area contributed by atoms with E-state index in [1.165, 1.54) is 11.8 Å². The molecule has 0 spiro atoms. The predicted octanol–water partition coefficient (Wildman–Crippen LogP) is 4.62. The molecular formula is C31H35N3O4S. The number of thioether (sulfide) groups is 1. The van der Waals surface area contributed by atoms with E-state index in [4.69, 9.17) is 10.2 Å². The summed E-state index contributed by atoms with van der Waals surface area (Å²) in [6.45, 7) is 4.62. The van der Waals surface area contributed by atoms with Gasteiger partial charge in [-0.1, -0.05) is 49.4 Å². The molecule has 3 saturated carbocycles. The molecule has 0 radical (unpaired) electrons. The van der Waals surface area contributed by atoms with E-state index >= 15 is 0 Å². The van der Waals surface area contributed by atoms with Gasteiger partial charge in [0.2, 0.25) is 0 Å². The maximum atomic E-state index is 13.8. The van der Waals surface area contributed by atoms with E-state index in [1.807, 2.05) is 41.8 Å². The third kappa shape index (κ3) is 3.88. The van der Waals surface area contributed by atoms with Gasteiger partial charge in [0.05, 0.1) is 35.4 Å². The fourth-order valence-electron chi connectivity index (χ4n) is 8.58. The van der Waals surface area contributed by atoms with Crippen LogP contribution in [0.2, 0.25) is 0 Å². The predicted molar refractivity (Wildman–Crippen MR) is 149 cm³/mol.